The molecule has 0 aliphatic carbocycles. The number of hydrogen-bond donors (Lipinski definition) is 1. The Kier molecular flexibility index (Phi) is 5.07. The Morgan fingerprint density at radius 3 is 2.37 bits per heavy atom. The standard InChI is InChI=1S/C19H19F3N4O/c1-13-11-17(19(20,21)22)24-26(13)12-18(27)23-14(2)15-5-7-16(8-6-15)25-9-3-4-10-25/h3-11,14H,12H2,1-2H3,(H,23,27). The molecule has 0 aliphatic rings. The molecule has 0 radical (unpaired) electrons. The molecule has 1 N–H and O–H groups in total. The summed E-state index contributed by atoms with van der Waals surface area (Å²) in [6, 6.07) is 12.2. The molecule has 3 aromatic rings. The van der Waals surface area contributed by atoms with E-state index in [2.05, 4.69) is 10.4 Å². The van der Waals surface area contributed by atoms with Crippen LogP contribution in [0.1, 0.15) is 29.9 Å². The van der Waals surface area contributed by atoms with Gasteiger partial charge in [-0.15, -0.1) is 0 Å². The highest BCUT2D eigenvalue weighted by atomic mass is 19.4. The van der Waals surface area contributed by atoms with Crippen molar-refractivity contribution in [3.63, 3.8) is 0 Å². The molecular weight excluding hydrogens is 357 g/mol. The average molecular weight is 376 g/mol. The summed E-state index contributed by atoms with van der Waals surface area (Å²) in [5, 5.41) is 6.26. The van der Waals surface area contributed by atoms with Gasteiger partial charge in [-0.3, -0.25) is 9.48 Å². The molecule has 8 heteroatoms. The molecule has 3 rings (SSSR count). The molecule has 1 aromatic carbocycles. The Balaban J connectivity index is 1.63. The smallest absolute Gasteiger partial charge is 0.348 e. The van der Waals surface area contributed by atoms with Crippen molar-refractivity contribution in [2.75, 3.05) is 0 Å². The highest BCUT2D eigenvalue weighted by Gasteiger charge is 2.34. The molecule has 1 atom stereocenters. The summed E-state index contributed by atoms with van der Waals surface area (Å²) < 4.78 is 41.1. The number of hydrogen-bond acceptors (Lipinski definition) is 2. The zero-order valence-electron chi connectivity index (χ0n) is 14.9. The van der Waals surface area contributed by atoms with Gasteiger partial charge in [0.05, 0.1) is 6.04 Å². The molecule has 5 nitrogen and oxygen atoms in total. The summed E-state index contributed by atoms with van der Waals surface area (Å²) in [4.78, 5) is 12.2. The van der Waals surface area contributed by atoms with Crippen LogP contribution in [0.3, 0.4) is 0 Å². The van der Waals surface area contributed by atoms with Gasteiger partial charge in [-0.05, 0) is 49.7 Å². The Bertz CT molecular complexity index is 912. The number of amides is 1. The van der Waals surface area contributed by atoms with Crippen molar-refractivity contribution in [1.29, 1.82) is 0 Å². The molecule has 0 fully saturated rings. The summed E-state index contributed by atoms with van der Waals surface area (Å²) in [7, 11) is 0. The number of halogens is 3. The van der Waals surface area contributed by atoms with Gasteiger partial charge in [0, 0.05) is 23.8 Å². The van der Waals surface area contributed by atoms with Crippen LogP contribution >= 0.6 is 0 Å². The molecule has 0 spiro atoms. The molecule has 142 valence electrons. The summed E-state index contributed by atoms with van der Waals surface area (Å²) in [6.07, 6.45) is -0.662. The van der Waals surface area contributed by atoms with Crippen LogP contribution in [-0.2, 0) is 17.5 Å². The van der Waals surface area contributed by atoms with Crippen molar-refractivity contribution in [3.8, 4) is 5.69 Å². The number of benzene rings is 1. The van der Waals surface area contributed by atoms with E-state index in [1.807, 2.05) is 60.3 Å². The third kappa shape index (κ3) is 4.39. The number of aromatic nitrogens is 3. The molecule has 1 unspecified atom stereocenters. The third-order valence-corrected chi connectivity index (χ3v) is 4.24. The summed E-state index contributed by atoms with van der Waals surface area (Å²) >= 11 is 0. The minimum atomic E-state index is -4.53. The van der Waals surface area contributed by atoms with Crippen molar-refractivity contribution in [3.05, 3.63) is 71.8 Å². The maximum Gasteiger partial charge on any atom is 0.435 e. The van der Waals surface area contributed by atoms with Gasteiger partial charge in [0.25, 0.3) is 0 Å². The SMILES string of the molecule is Cc1cc(C(F)(F)F)nn1CC(=O)NC(C)c1ccc(-n2cccc2)cc1. The van der Waals surface area contributed by atoms with Gasteiger partial charge in [-0.2, -0.15) is 18.3 Å². The molecular formula is C19H19F3N4O. The second-order valence-corrected chi connectivity index (χ2v) is 6.30. The van der Waals surface area contributed by atoms with E-state index in [1.165, 1.54) is 6.92 Å². The maximum absolute atomic E-state index is 12.7. The van der Waals surface area contributed by atoms with Crippen LogP contribution in [-0.4, -0.2) is 20.3 Å². The van der Waals surface area contributed by atoms with E-state index in [4.69, 9.17) is 0 Å². The first-order chi connectivity index (χ1) is 12.7. The Morgan fingerprint density at radius 1 is 1.19 bits per heavy atom. The predicted octanol–water partition coefficient (Wildman–Crippen LogP) is 3.88. The van der Waals surface area contributed by atoms with Gasteiger partial charge in [0.15, 0.2) is 5.69 Å². The summed E-state index contributed by atoms with van der Waals surface area (Å²) in [6.45, 7) is 3.03. The number of alkyl halides is 3. The van der Waals surface area contributed by atoms with E-state index in [9.17, 15) is 18.0 Å². The Labute approximate surface area is 154 Å². The summed E-state index contributed by atoms with van der Waals surface area (Å²) in [5.74, 6) is -0.406. The number of nitrogens with one attached hydrogen (secondary N) is 1. The fraction of sp³-hybridized carbons (Fsp3) is 0.263. The predicted molar refractivity (Wildman–Crippen MR) is 94.3 cm³/mol. The number of rotatable bonds is 5. The largest absolute Gasteiger partial charge is 0.435 e. The third-order valence-electron chi connectivity index (χ3n) is 4.24. The lowest BCUT2D eigenvalue weighted by Crippen LogP contribution is -2.30. The van der Waals surface area contributed by atoms with Gasteiger partial charge < -0.3 is 9.88 Å². The highest BCUT2D eigenvalue weighted by Crippen LogP contribution is 2.28. The van der Waals surface area contributed by atoms with Crippen LogP contribution in [0.5, 0.6) is 0 Å². The first-order valence-corrected chi connectivity index (χ1v) is 8.38. The maximum atomic E-state index is 12.7. The monoisotopic (exact) mass is 376 g/mol. The molecule has 0 saturated heterocycles. The second-order valence-electron chi connectivity index (χ2n) is 6.30. The number of carbonyl (C=O) groups is 1. The topological polar surface area (TPSA) is 51.9 Å². The van der Waals surface area contributed by atoms with E-state index >= 15 is 0 Å². The van der Waals surface area contributed by atoms with E-state index in [1.54, 1.807) is 0 Å². The van der Waals surface area contributed by atoms with Crippen molar-refractivity contribution in [2.45, 2.75) is 32.6 Å². The van der Waals surface area contributed by atoms with Crippen LogP contribution in [0.25, 0.3) is 5.69 Å². The molecule has 0 saturated carbocycles. The Morgan fingerprint density at radius 2 is 1.81 bits per heavy atom. The van der Waals surface area contributed by atoms with Crippen LogP contribution in [0.4, 0.5) is 13.2 Å². The van der Waals surface area contributed by atoms with Crippen LogP contribution in [0, 0.1) is 6.92 Å². The van der Waals surface area contributed by atoms with E-state index in [0.29, 0.717) is 0 Å². The minimum absolute atomic E-state index is 0.270. The second kappa shape index (κ2) is 7.30. The average Bonchev–Trinajstić information content (AvgIpc) is 3.25. The van der Waals surface area contributed by atoms with E-state index in [0.717, 1.165) is 22.0 Å². The van der Waals surface area contributed by atoms with Gasteiger partial charge in [0.2, 0.25) is 5.91 Å². The number of aryl methyl sites for hydroxylation is 1. The molecule has 27 heavy (non-hydrogen) atoms. The van der Waals surface area contributed by atoms with Crippen molar-refractivity contribution < 1.29 is 18.0 Å². The van der Waals surface area contributed by atoms with Crippen molar-refractivity contribution in [2.24, 2.45) is 0 Å². The first kappa shape index (κ1) is 18.8. The zero-order valence-corrected chi connectivity index (χ0v) is 14.9. The molecule has 2 aromatic heterocycles. The van der Waals surface area contributed by atoms with Crippen molar-refractivity contribution >= 4 is 5.91 Å². The number of nitrogens with zero attached hydrogens (tertiary/aromatic N) is 3. The van der Waals surface area contributed by atoms with E-state index in [-0.39, 0.29) is 18.3 Å². The molecule has 1 amide bonds. The quantitative estimate of drug-likeness (QED) is 0.735. The van der Waals surface area contributed by atoms with Crippen molar-refractivity contribution in [1.82, 2.24) is 19.7 Å². The summed E-state index contributed by atoms with van der Waals surface area (Å²) in [5.41, 5.74) is 1.17. The Hall–Kier alpha value is -3.03. The molecule has 2 heterocycles. The van der Waals surface area contributed by atoms with Gasteiger partial charge in [-0.25, -0.2) is 0 Å². The fourth-order valence-corrected chi connectivity index (χ4v) is 2.76. The van der Waals surface area contributed by atoms with Gasteiger partial charge in [-0.1, -0.05) is 12.1 Å². The van der Waals surface area contributed by atoms with Gasteiger partial charge in [0.1, 0.15) is 6.54 Å². The van der Waals surface area contributed by atoms with Crippen LogP contribution < -0.4 is 5.32 Å². The lowest BCUT2D eigenvalue weighted by molar-refractivity contribution is -0.141. The lowest BCUT2D eigenvalue weighted by atomic mass is 10.1. The molecule has 0 aliphatic heterocycles. The van der Waals surface area contributed by atoms with E-state index < -0.39 is 17.8 Å². The molecule has 0 bridgehead atoms. The van der Waals surface area contributed by atoms with Crippen LogP contribution in [0.15, 0.2) is 54.9 Å². The lowest BCUT2D eigenvalue weighted by Gasteiger charge is -2.15. The normalized spacial score (nSPS) is 12.8. The minimum Gasteiger partial charge on any atom is -0.348 e. The fourth-order valence-electron chi connectivity index (χ4n) is 2.76. The number of carbonyl (C=O) groups excluding carboxylic acids is 1. The van der Waals surface area contributed by atoms with Gasteiger partial charge >= 0.3 is 6.18 Å². The first-order valence-electron chi connectivity index (χ1n) is 8.38. The van der Waals surface area contributed by atoms with Crippen LogP contribution in [0.2, 0.25) is 0 Å². The zero-order chi connectivity index (χ0) is 19.6. The highest BCUT2D eigenvalue weighted by molar-refractivity contribution is 5.76.